The van der Waals surface area contributed by atoms with E-state index in [1.165, 1.54) is 0 Å². The highest BCUT2D eigenvalue weighted by atomic mass is 79.9. The van der Waals surface area contributed by atoms with Crippen molar-refractivity contribution < 1.29 is 18.3 Å². The maximum absolute atomic E-state index is 11.9. The monoisotopic (exact) mass is 356 g/mol. The fraction of sp³-hybridized carbons (Fsp3) is 0.556. The van der Waals surface area contributed by atoms with Crippen LogP contribution in [-0.2, 0) is 14.8 Å². The third kappa shape index (κ3) is 3.74. The summed E-state index contributed by atoms with van der Waals surface area (Å²) in [6, 6.07) is -1.12. The van der Waals surface area contributed by atoms with E-state index in [2.05, 4.69) is 25.6 Å². The highest BCUT2D eigenvalue weighted by Gasteiger charge is 2.27. The van der Waals surface area contributed by atoms with Gasteiger partial charge in [0.05, 0.1) is 9.48 Å². The highest BCUT2D eigenvalue weighted by molar-refractivity contribution is 9.11. The maximum atomic E-state index is 11.9. The quantitative estimate of drug-likeness (QED) is 0.809. The molecule has 0 saturated carbocycles. The number of nitrogens with one attached hydrogen (secondary N) is 1. The van der Waals surface area contributed by atoms with Crippen molar-refractivity contribution in [2.24, 2.45) is 0 Å². The van der Waals surface area contributed by atoms with Crippen LogP contribution in [0.3, 0.4) is 0 Å². The topological polar surface area (TPSA) is 96.4 Å². The molecule has 0 spiro atoms. The molecule has 9 heteroatoms. The van der Waals surface area contributed by atoms with Gasteiger partial charge in [0.15, 0.2) is 0 Å². The summed E-state index contributed by atoms with van der Waals surface area (Å²) in [7, 11) is -3.88. The molecule has 18 heavy (non-hydrogen) atoms. The zero-order valence-electron chi connectivity index (χ0n) is 9.81. The number of carboxylic acid groups (broad SMARTS) is 1. The largest absolute Gasteiger partial charge is 0.480 e. The predicted molar refractivity (Wildman–Crippen MR) is 71.2 cm³/mol. The van der Waals surface area contributed by atoms with Crippen molar-refractivity contribution in [3.8, 4) is 0 Å². The highest BCUT2D eigenvalue weighted by Crippen LogP contribution is 2.27. The SMILES string of the molecule is CCCC(NS(=O)(=O)c1nc(C)c(Br)s1)C(=O)O. The average molecular weight is 357 g/mol. The predicted octanol–water partition coefficient (Wildman–Crippen LogP) is 1.75. The summed E-state index contributed by atoms with van der Waals surface area (Å²) in [5.41, 5.74) is 0.558. The van der Waals surface area contributed by atoms with Gasteiger partial charge in [0.25, 0.3) is 10.0 Å². The Morgan fingerprint density at radius 2 is 2.22 bits per heavy atom. The van der Waals surface area contributed by atoms with E-state index in [0.29, 0.717) is 15.9 Å². The Balaban J connectivity index is 2.96. The van der Waals surface area contributed by atoms with Crippen LogP contribution in [0.5, 0.6) is 0 Å². The van der Waals surface area contributed by atoms with Gasteiger partial charge in [0.2, 0.25) is 4.34 Å². The van der Waals surface area contributed by atoms with E-state index in [0.717, 1.165) is 11.3 Å². The molecule has 0 aliphatic heterocycles. The molecule has 1 rings (SSSR count). The molecule has 1 unspecified atom stereocenters. The van der Waals surface area contributed by atoms with Crippen LogP contribution < -0.4 is 4.72 Å². The molecule has 0 saturated heterocycles. The summed E-state index contributed by atoms with van der Waals surface area (Å²) in [6.07, 6.45) is 0.806. The Kier molecular flexibility index (Phi) is 5.26. The molecule has 0 radical (unpaired) electrons. The molecule has 1 aromatic heterocycles. The minimum Gasteiger partial charge on any atom is -0.480 e. The van der Waals surface area contributed by atoms with Gasteiger partial charge in [-0.25, -0.2) is 13.4 Å². The Hall–Kier alpha value is -0.510. The second-order valence-electron chi connectivity index (χ2n) is 3.64. The van der Waals surface area contributed by atoms with Crippen LogP contribution in [-0.4, -0.2) is 30.5 Å². The van der Waals surface area contributed by atoms with Crippen molar-refractivity contribution in [2.75, 3.05) is 0 Å². The number of carboxylic acids is 1. The summed E-state index contributed by atoms with van der Waals surface area (Å²) in [5.74, 6) is -1.19. The smallest absolute Gasteiger partial charge is 0.321 e. The molecule has 0 amide bonds. The van der Waals surface area contributed by atoms with Crippen molar-refractivity contribution in [1.29, 1.82) is 0 Å². The van der Waals surface area contributed by atoms with E-state index in [1.807, 2.05) is 0 Å². The first-order chi connectivity index (χ1) is 8.27. The molecule has 0 fully saturated rings. The number of sulfonamides is 1. The van der Waals surface area contributed by atoms with Crippen LogP contribution in [0.25, 0.3) is 0 Å². The lowest BCUT2D eigenvalue weighted by molar-refractivity contribution is -0.139. The Bertz CT molecular complexity index is 521. The van der Waals surface area contributed by atoms with Gasteiger partial charge in [-0.3, -0.25) is 4.79 Å². The van der Waals surface area contributed by atoms with Crippen molar-refractivity contribution in [2.45, 2.75) is 37.1 Å². The minimum absolute atomic E-state index is 0.130. The number of aryl methyl sites for hydroxylation is 1. The van der Waals surface area contributed by atoms with Gasteiger partial charge in [-0.05, 0) is 29.3 Å². The van der Waals surface area contributed by atoms with Crippen LogP contribution in [0.2, 0.25) is 0 Å². The standard InChI is InChI=1S/C9H13BrN2O4S2/c1-3-4-6(8(13)14)12-18(15,16)9-11-5(2)7(10)17-9/h6,12H,3-4H2,1-2H3,(H,13,14). The van der Waals surface area contributed by atoms with Gasteiger partial charge >= 0.3 is 5.97 Å². The van der Waals surface area contributed by atoms with E-state index in [1.54, 1.807) is 13.8 Å². The molecule has 0 aliphatic carbocycles. The zero-order valence-corrected chi connectivity index (χ0v) is 13.0. The normalized spacial score (nSPS) is 13.5. The van der Waals surface area contributed by atoms with E-state index in [9.17, 15) is 13.2 Å². The fourth-order valence-electron chi connectivity index (χ4n) is 1.23. The van der Waals surface area contributed by atoms with Crippen LogP contribution in [0.15, 0.2) is 8.13 Å². The number of thiazole rings is 1. The molecular weight excluding hydrogens is 344 g/mol. The number of aromatic nitrogens is 1. The van der Waals surface area contributed by atoms with Crippen molar-refractivity contribution in [3.05, 3.63) is 9.48 Å². The van der Waals surface area contributed by atoms with Gasteiger partial charge in [-0.1, -0.05) is 24.7 Å². The lowest BCUT2D eigenvalue weighted by Gasteiger charge is -2.12. The molecule has 0 bridgehead atoms. The third-order valence-corrected chi connectivity index (χ3v) is 5.98. The molecule has 0 aromatic carbocycles. The van der Waals surface area contributed by atoms with Crippen molar-refractivity contribution >= 4 is 43.3 Å². The number of rotatable bonds is 6. The van der Waals surface area contributed by atoms with Gasteiger partial charge in [0, 0.05) is 0 Å². The molecule has 1 atom stereocenters. The number of hydrogen-bond donors (Lipinski definition) is 2. The maximum Gasteiger partial charge on any atom is 0.321 e. The van der Waals surface area contributed by atoms with Gasteiger partial charge in [-0.15, -0.1) is 0 Å². The number of carbonyl (C=O) groups is 1. The third-order valence-electron chi connectivity index (χ3n) is 2.12. The Morgan fingerprint density at radius 1 is 1.61 bits per heavy atom. The second-order valence-corrected chi connectivity index (χ2v) is 7.84. The number of nitrogens with zero attached hydrogens (tertiary/aromatic N) is 1. The summed E-state index contributed by atoms with van der Waals surface area (Å²) in [5, 5.41) is 8.92. The first kappa shape index (κ1) is 15.5. The van der Waals surface area contributed by atoms with Crippen LogP contribution >= 0.6 is 27.3 Å². The lowest BCUT2D eigenvalue weighted by Crippen LogP contribution is -2.40. The van der Waals surface area contributed by atoms with Gasteiger partial charge in [-0.2, -0.15) is 4.72 Å². The van der Waals surface area contributed by atoms with E-state index in [-0.39, 0.29) is 10.8 Å². The molecule has 2 N–H and O–H groups in total. The van der Waals surface area contributed by atoms with E-state index < -0.39 is 22.0 Å². The van der Waals surface area contributed by atoms with Crippen LogP contribution in [0.4, 0.5) is 0 Å². The minimum atomic E-state index is -3.88. The van der Waals surface area contributed by atoms with Crippen LogP contribution in [0.1, 0.15) is 25.5 Å². The molecular formula is C9H13BrN2O4S2. The van der Waals surface area contributed by atoms with Gasteiger partial charge in [0.1, 0.15) is 6.04 Å². The Morgan fingerprint density at radius 3 is 2.61 bits per heavy atom. The summed E-state index contributed by atoms with van der Waals surface area (Å²) >= 11 is 4.14. The molecule has 0 aliphatic rings. The Labute approximate surface area is 118 Å². The summed E-state index contributed by atoms with van der Waals surface area (Å²) in [6.45, 7) is 3.45. The fourth-order valence-corrected chi connectivity index (χ4v) is 4.41. The number of halogens is 1. The zero-order chi connectivity index (χ0) is 13.9. The molecule has 102 valence electrons. The van der Waals surface area contributed by atoms with Crippen molar-refractivity contribution in [3.63, 3.8) is 0 Å². The first-order valence-corrected chi connectivity index (χ1v) is 8.25. The molecule has 1 heterocycles. The van der Waals surface area contributed by atoms with E-state index in [4.69, 9.17) is 5.11 Å². The molecule has 1 aromatic rings. The second kappa shape index (κ2) is 6.09. The van der Waals surface area contributed by atoms with Crippen LogP contribution in [0, 0.1) is 6.92 Å². The van der Waals surface area contributed by atoms with E-state index >= 15 is 0 Å². The number of aliphatic carboxylic acids is 1. The first-order valence-electron chi connectivity index (χ1n) is 5.16. The number of hydrogen-bond acceptors (Lipinski definition) is 5. The molecule has 6 nitrogen and oxygen atoms in total. The average Bonchev–Trinajstić information content (AvgIpc) is 2.59. The summed E-state index contributed by atoms with van der Waals surface area (Å²) in [4.78, 5) is 14.8. The lowest BCUT2D eigenvalue weighted by atomic mass is 10.2. The summed E-state index contributed by atoms with van der Waals surface area (Å²) < 4.78 is 26.5. The van der Waals surface area contributed by atoms with Gasteiger partial charge < -0.3 is 5.11 Å². The van der Waals surface area contributed by atoms with Crippen molar-refractivity contribution in [1.82, 2.24) is 9.71 Å².